The Morgan fingerprint density at radius 3 is 0.133 bits per heavy atom. The third-order valence-electron chi connectivity index (χ3n) is 20.2. The lowest BCUT2D eigenvalue weighted by atomic mass is 10.0. The van der Waals surface area contributed by atoms with E-state index in [1.54, 1.807) is 0 Å². The summed E-state index contributed by atoms with van der Waals surface area (Å²) in [6.45, 7) is 4.63. The van der Waals surface area contributed by atoms with Gasteiger partial charge in [-0.3, -0.25) is 0 Å². The lowest BCUT2D eigenvalue weighted by Gasteiger charge is -2.05. The Morgan fingerprint density at radius 1 is 0.0602 bits per heavy atom. The van der Waals surface area contributed by atoms with Crippen LogP contribution in [-0.2, 0) is 0 Å². The Kier molecular flexibility index (Phi) is 82.0. The van der Waals surface area contributed by atoms with Gasteiger partial charge < -0.3 is 0 Å². The topological polar surface area (TPSA) is 0 Å². The van der Waals surface area contributed by atoms with Gasteiger partial charge in [-0.25, -0.2) is 0 Å². The minimum Gasteiger partial charge on any atom is -0.0654 e. The maximum atomic E-state index is 2.32. The predicted molar refractivity (Wildman–Crippen MR) is 385 cm³/mol. The van der Waals surface area contributed by atoms with Crippen molar-refractivity contribution in [2.75, 3.05) is 0 Å². The summed E-state index contributed by atoms with van der Waals surface area (Å²) >= 11 is 0. The lowest BCUT2D eigenvalue weighted by molar-refractivity contribution is 0.505. The van der Waals surface area contributed by atoms with E-state index in [4.69, 9.17) is 0 Å². The molecule has 0 aromatic rings. The normalized spacial score (nSPS) is 11.8. The Bertz CT molecular complexity index is 947. The molecule has 0 saturated heterocycles. The van der Waals surface area contributed by atoms with Crippen LogP contribution < -0.4 is 0 Å². The molecule has 0 fully saturated rings. The lowest BCUT2D eigenvalue weighted by Crippen LogP contribution is -1.85. The summed E-state index contributed by atoms with van der Waals surface area (Å²) in [5.74, 6) is 0. The molecule has 83 heavy (non-hydrogen) atoms. The zero-order valence-electron chi connectivity index (χ0n) is 59.3. The maximum Gasteiger partial charge on any atom is -0.0533 e. The second-order valence-electron chi connectivity index (χ2n) is 28.9. The second kappa shape index (κ2) is 82.0. The Morgan fingerprint density at radius 2 is 0.0964 bits per heavy atom. The highest BCUT2D eigenvalue weighted by Gasteiger charge is 2.02. The van der Waals surface area contributed by atoms with Crippen LogP contribution in [-0.4, -0.2) is 0 Å². The van der Waals surface area contributed by atoms with Crippen molar-refractivity contribution >= 4 is 0 Å². The van der Waals surface area contributed by atoms with E-state index in [1.807, 2.05) is 0 Å². The van der Waals surface area contributed by atoms with Crippen LogP contribution in [0, 0.1) is 0 Å². The summed E-state index contributed by atoms with van der Waals surface area (Å²) in [4.78, 5) is 0. The molecule has 0 unspecified atom stereocenters. The molecule has 0 amide bonds. The van der Waals surface area contributed by atoms with Crippen molar-refractivity contribution < 1.29 is 0 Å². The Balaban J connectivity index is 3.08. The van der Waals surface area contributed by atoms with Crippen LogP contribution in [0.25, 0.3) is 0 Å². The molecule has 0 radical (unpaired) electrons. The van der Waals surface area contributed by atoms with Crippen LogP contribution in [0.3, 0.4) is 0 Å². The zero-order chi connectivity index (χ0) is 59.3. The molecule has 0 N–H and O–H groups in total. The van der Waals surface area contributed by atoms with Gasteiger partial charge in [0.2, 0.25) is 0 Å². The fourth-order valence-corrected chi connectivity index (χ4v) is 14.1. The minimum absolute atomic E-state index is 1.37. The van der Waals surface area contributed by atoms with Crippen molar-refractivity contribution in [1.29, 1.82) is 0 Å². The van der Waals surface area contributed by atoms with Crippen molar-refractivity contribution in [3.05, 3.63) is 0 Å². The van der Waals surface area contributed by atoms with Crippen molar-refractivity contribution in [2.24, 2.45) is 0 Å². The standard InChI is InChI=1S/C83H168/c1-3-5-7-9-11-13-15-17-19-21-23-25-27-29-31-33-35-37-39-41-43-45-47-49-51-53-55-57-59-61-63-65-67-69-71-73-75-77-79-81-83-82-80-78-76-74-72-70-68-66-64-62-60-58-56-54-52-50-48-46-44-42-40-38-36-34-32-30-28-26-24-22-20-18-16-14-12-10-8-6-4-2/h3-83H2,1-2H3. The van der Waals surface area contributed by atoms with E-state index in [-0.39, 0.29) is 0 Å². The minimum atomic E-state index is 1.37. The molecule has 0 spiro atoms. The van der Waals surface area contributed by atoms with Crippen molar-refractivity contribution in [3.63, 3.8) is 0 Å². The van der Waals surface area contributed by atoms with E-state index in [1.165, 1.54) is 520 Å². The largest absolute Gasteiger partial charge is 0.0654 e. The van der Waals surface area contributed by atoms with Crippen LogP contribution in [0.1, 0.15) is 534 Å². The Hall–Kier alpha value is 0. The molecule has 0 rings (SSSR count). The molecule has 500 valence electrons. The molecule has 0 nitrogen and oxygen atoms in total. The van der Waals surface area contributed by atoms with Crippen molar-refractivity contribution in [2.45, 2.75) is 534 Å². The third-order valence-corrected chi connectivity index (χ3v) is 20.2. The van der Waals surface area contributed by atoms with Crippen LogP contribution >= 0.6 is 0 Å². The second-order valence-corrected chi connectivity index (χ2v) is 28.9. The highest BCUT2D eigenvalue weighted by atomic mass is 14.1. The first-order valence-electron chi connectivity index (χ1n) is 41.4. The third kappa shape index (κ3) is 82.0. The number of rotatable bonds is 80. The summed E-state index contributed by atoms with van der Waals surface area (Å²) in [6.07, 6.45) is 121. The predicted octanol–water partition coefficient (Wildman–Crippen LogP) is 32.6. The summed E-state index contributed by atoms with van der Waals surface area (Å²) < 4.78 is 0. The SMILES string of the molecule is CCCCCCCCCCCCCCCCCCCCCCCCCCCCCCCCCCCCCCCCCCCCCCCCCCCCCCCCCCCCCCCCCCCCCCCCCCCCCCCCCCC. The first-order valence-corrected chi connectivity index (χ1v) is 41.4. The highest BCUT2D eigenvalue weighted by Crippen LogP contribution is 2.22. The van der Waals surface area contributed by atoms with Crippen molar-refractivity contribution in [1.82, 2.24) is 0 Å². The molecule has 0 aliphatic carbocycles. The summed E-state index contributed by atoms with van der Waals surface area (Å²) in [5.41, 5.74) is 0. The van der Waals surface area contributed by atoms with Gasteiger partial charge in [0.25, 0.3) is 0 Å². The van der Waals surface area contributed by atoms with E-state index < -0.39 is 0 Å². The van der Waals surface area contributed by atoms with E-state index in [0.717, 1.165) is 0 Å². The van der Waals surface area contributed by atoms with Gasteiger partial charge in [0, 0.05) is 0 Å². The Labute approximate surface area is 531 Å². The monoisotopic (exact) mass is 1170 g/mol. The average molecular weight is 1170 g/mol. The smallest absolute Gasteiger partial charge is 0.0533 e. The summed E-state index contributed by atoms with van der Waals surface area (Å²) in [5, 5.41) is 0. The molecule has 0 aliphatic heterocycles. The molecular weight excluding hydrogens is 997 g/mol. The van der Waals surface area contributed by atoms with E-state index in [2.05, 4.69) is 13.8 Å². The van der Waals surface area contributed by atoms with E-state index >= 15 is 0 Å². The van der Waals surface area contributed by atoms with Gasteiger partial charge in [-0.2, -0.15) is 0 Å². The van der Waals surface area contributed by atoms with Crippen LogP contribution in [0.15, 0.2) is 0 Å². The van der Waals surface area contributed by atoms with Gasteiger partial charge >= 0.3 is 0 Å². The van der Waals surface area contributed by atoms with Gasteiger partial charge in [0.15, 0.2) is 0 Å². The fourth-order valence-electron chi connectivity index (χ4n) is 14.1. The van der Waals surface area contributed by atoms with E-state index in [9.17, 15) is 0 Å². The molecular formula is C83H168. The average Bonchev–Trinajstić information content (AvgIpc) is 3.49. The zero-order valence-corrected chi connectivity index (χ0v) is 59.3. The van der Waals surface area contributed by atoms with Crippen LogP contribution in [0.5, 0.6) is 0 Å². The molecule has 0 bridgehead atoms. The quantitative estimate of drug-likeness (QED) is 0.0533. The van der Waals surface area contributed by atoms with Gasteiger partial charge in [0.1, 0.15) is 0 Å². The molecule has 0 aromatic carbocycles. The van der Waals surface area contributed by atoms with Gasteiger partial charge in [-0.1, -0.05) is 534 Å². The van der Waals surface area contributed by atoms with Gasteiger partial charge in [-0.15, -0.1) is 0 Å². The highest BCUT2D eigenvalue weighted by molar-refractivity contribution is 4.58. The first kappa shape index (κ1) is 83.0. The van der Waals surface area contributed by atoms with Crippen LogP contribution in [0.4, 0.5) is 0 Å². The van der Waals surface area contributed by atoms with Gasteiger partial charge in [0.05, 0.1) is 0 Å². The molecule has 0 saturated carbocycles. The fraction of sp³-hybridized carbons (Fsp3) is 1.00. The molecule has 0 aliphatic rings. The van der Waals surface area contributed by atoms with Crippen molar-refractivity contribution in [3.8, 4) is 0 Å². The molecule has 0 heterocycles. The van der Waals surface area contributed by atoms with E-state index in [0.29, 0.717) is 0 Å². The number of hydrogen-bond acceptors (Lipinski definition) is 0. The summed E-state index contributed by atoms with van der Waals surface area (Å²) in [7, 11) is 0. The number of hydrogen-bond donors (Lipinski definition) is 0. The first-order chi connectivity index (χ1) is 41.4. The number of unbranched alkanes of at least 4 members (excludes halogenated alkanes) is 80. The maximum absolute atomic E-state index is 2.32. The van der Waals surface area contributed by atoms with Gasteiger partial charge in [-0.05, 0) is 0 Å². The molecule has 0 atom stereocenters. The molecule has 0 aromatic heterocycles. The van der Waals surface area contributed by atoms with Crippen LogP contribution in [0.2, 0.25) is 0 Å². The molecule has 0 heteroatoms. The summed E-state index contributed by atoms with van der Waals surface area (Å²) in [6, 6.07) is 0.